The average molecular weight is 273 g/mol. The highest BCUT2D eigenvalue weighted by Gasteiger charge is 2.19. The Balaban J connectivity index is 1.90. The maximum absolute atomic E-state index is 9.40. The van der Waals surface area contributed by atoms with Crippen LogP contribution >= 0.6 is 0 Å². The summed E-state index contributed by atoms with van der Waals surface area (Å²) in [4.78, 5) is 4.67. The lowest BCUT2D eigenvalue weighted by atomic mass is 10.00. The molecule has 0 radical (unpaired) electrons. The first-order valence-electron chi connectivity index (χ1n) is 7.33. The summed E-state index contributed by atoms with van der Waals surface area (Å²) in [6.07, 6.45) is 1.10. The van der Waals surface area contributed by atoms with Crippen molar-refractivity contribution in [3.05, 3.63) is 35.9 Å². The van der Waals surface area contributed by atoms with E-state index in [1.165, 1.54) is 0 Å². The standard InChI is InChI=1S/C16H23N3O/c17-13-16(15-5-2-1-3-6-15)14-19-8-4-7-18(9-10-19)11-12-20/h1-3,5-6,16,20H,4,7-12,14H2. The van der Waals surface area contributed by atoms with Crippen LogP contribution in [0.2, 0.25) is 0 Å². The third-order valence-electron chi connectivity index (χ3n) is 3.90. The van der Waals surface area contributed by atoms with E-state index in [1.54, 1.807) is 0 Å². The molecule has 1 aliphatic heterocycles. The maximum atomic E-state index is 9.40. The Morgan fingerprint density at radius 2 is 1.80 bits per heavy atom. The summed E-state index contributed by atoms with van der Waals surface area (Å²) in [5.41, 5.74) is 1.10. The predicted octanol–water partition coefficient (Wildman–Crippen LogP) is 1.29. The highest BCUT2D eigenvalue weighted by Crippen LogP contribution is 2.17. The van der Waals surface area contributed by atoms with Crippen molar-refractivity contribution in [2.45, 2.75) is 12.3 Å². The first kappa shape index (κ1) is 15.0. The van der Waals surface area contributed by atoms with Gasteiger partial charge in [-0.3, -0.25) is 4.90 Å². The molecule has 1 atom stereocenters. The van der Waals surface area contributed by atoms with Gasteiger partial charge in [0.1, 0.15) is 0 Å². The van der Waals surface area contributed by atoms with E-state index in [1.807, 2.05) is 30.3 Å². The molecule has 1 N–H and O–H groups in total. The van der Waals surface area contributed by atoms with Gasteiger partial charge in [-0.2, -0.15) is 5.26 Å². The predicted molar refractivity (Wildman–Crippen MR) is 79.4 cm³/mol. The zero-order chi connectivity index (χ0) is 14.2. The monoisotopic (exact) mass is 273 g/mol. The van der Waals surface area contributed by atoms with E-state index in [4.69, 9.17) is 5.11 Å². The molecule has 1 aliphatic rings. The van der Waals surface area contributed by atoms with E-state index < -0.39 is 0 Å². The summed E-state index contributed by atoms with van der Waals surface area (Å²) >= 11 is 0. The third kappa shape index (κ3) is 4.31. The van der Waals surface area contributed by atoms with Crippen LogP contribution in [0.25, 0.3) is 0 Å². The second-order valence-corrected chi connectivity index (χ2v) is 5.31. The fourth-order valence-corrected chi connectivity index (χ4v) is 2.74. The van der Waals surface area contributed by atoms with Crippen LogP contribution in [-0.2, 0) is 0 Å². The lowest BCUT2D eigenvalue weighted by Gasteiger charge is -2.23. The second-order valence-electron chi connectivity index (χ2n) is 5.31. The van der Waals surface area contributed by atoms with Crippen molar-refractivity contribution in [3.63, 3.8) is 0 Å². The van der Waals surface area contributed by atoms with Gasteiger partial charge in [-0.05, 0) is 25.1 Å². The van der Waals surface area contributed by atoms with Crippen LogP contribution in [0.15, 0.2) is 30.3 Å². The first-order chi connectivity index (χ1) is 9.83. The molecule has 0 amide bonds. The van der Waals surface area contributed by atoms with Gasteiger partial charge in [-0.1, -0.05) is 30.3 Å². The van der Waals surface area contributed by atoms with Crippen molar-refractivity contribution in [1.82, 2.24) is 9.80 Å². The first-order valence-corrected chi connectivity index (χ1v) is 7.33. The molecule has 1 aromatic carbocycles. The molecule has 0 aliphatic carbocycles. The second kappa shape index (κ2) is 8.01. The Morgan fingerprint density at radius 3 is 2.50 bits per heavy atom. The fourth-order valence-electron chi connectivity index (χ4n) is 2.74. The van der Waals surface area contributed by atoms with Gasteiger partial charge in [-0.15, -0.1) is 0 Å². The fraction of sp³-hybridized carbons (Fsp3) is 0.562. The number of β-amino-alcohol motifs (C(OH)–C–C–N with tert-alkyl or cyclic N) is 1. The Morgan fingerprint density at radius 1 is 1.10 bits per heavy atom. The maximum Gasteiger partial charge on any atom is 0.0839 e. The van der Waals surface area contributed by atoms with E-state index in [2.05, 4.69) is 15.9 Å². The summed E-state index contributed by atoms with van der Waals surface area (Å²) in [6.45, 7) is 5.82. The number of nitrogens with zero attached hydrogens (tertiary/aromatic N) is 3. The average Bonchev–Trinajstić information content (AvgIpc) is 2.71. The number of aliphatic hydroxyl groups is 1. The third-order valence-corrected chi connectivity index (χ3v) is 3.90. The molecule has 4 nitrogen and oxygen atoms in total. The SMILES string of the molecule is N#CC(CN1CCCN(CCO)CC1)c1ccccc1. The van der Waals surface area contributed by atoms with Crippen LogP contribution in [0.4, 0.5) is 0 Å². The van der Waals surface area contributed by atoms with Gasteiger partial charge in [0.25, 0.3) is 0 Å². The molecule has 1 saturated heterocycles. The van der Waals surface area contributed by atoms with Crippen molar-refractivity contribution in [2.24, 2.45) is 0 Å². The summed E-state index contributed by atoms with van der Waals surface area (Å²) in [5, 5.41) is 18.4. The quantitative estimate of drug-likeness (QED) is 0.878. The minimum Gasteiger partial charge on any atom is -0.395 e. The van der Waals surface area contributed by atoms with Crippen LogP contribution in [0.3, 0.4) is 0 Å². The highest BCUT2D eigenvalue weighted by atomic mass is 16.3. The van der Waals surface area contributed by atoms with Crippen LogP contribution < -0.4 is 0 Å². The number of rotatable bonds is 5. The number of aliphatic hydroxyl groups excluding tert-OH is 1. The molecular weight excluding hydrogens is 250 g/mol. The van der Waals surface area contributed by atoms with Crippen molar-refractivity contribution in [3.8, 4) is 6.07 Å². The number of hydrogen-bond donors (Lipinski definition) is 1. The van der Waals surface area contributed by atoms with Crippen LogP contribution in [-0.4, -0.2) is 60.8 Å². The molecule has 4 heteroatoms. The summed E-state index contributed by atoms with van der Waals surface area (Å²) in [5.74, 6) is -0.0550. The Bertz CT molecular complexity index is 429. The van der Waals surface area contributed by atoms with Crippen LogP contribution in [0, 0.1) is 11.3 Å². The molecule has 0 aromatic heterocycles. The Kier molecular flexibility index (Phi) is 6.00. The largest absolute Gasteiger partial charge is 0.395 e. The van der Waals surface area contributed by atoms with Gasteiger partial charge in [-0.25, -0.2) is 0 Å². The van der Waals surface area contributed by atoms with Gasteiger partial charge in [0.2, 0.25) is 0 Å². The number of hydrogen-bond acceptors (Lipinski definition) is 4. The van der Waals surface area contributed by atoms with E-state index in [-0.39, 0.29) is 12.5 Å². The summed E-state index contributed by atoms with van der Waals surface area (Å²) in [6, 6.07) is 12.5. The Hall–Kier alpha value is -1.41. The van der Waals surface area contributed by atoms with Crippen molar-refractivity contribution in [2.75, 3.05) is 45.9 Å². The number of nitriles is 1. The molecule has 1 fully saturated rings. The minimum absolute atomic E-state index is 0.0550. The highest BCUT2D eigenvalue weighted by molar-refractivity contribution is 5.25. The zero-order valence-electron chi connectivity index (χ0n) is 11.9. The molecule has 1 unspecified atom stereocenters. The Labute approximate surface area is 121 Å². The summed E-state index contributed by atoms with van der Waals surface area (Å²) in [7, 11) is 0. The molecule has 1 heterocycles. The minimum atomic E-state index is -0.0550. The lowest BCUT2D eigenvalue weighted by molar-refractivity contribution is 0.196. The smallest absolute Gasteiger partial charge is 0.0839 e. The van der Waals surface area contributed by atoms with Gasteiger partial charge >= 0.3 is 0 Å². The molecule has 2 rings (SSSR count). The van der Waals surface area contributed by atoms with E-state index in [0.717, 1.165) is 51.3 Å². The van der Waals surface area contributed by atoms with Crippen molar-refractivity contribution in [1.29, 1.82) is 5.26 Å². The summed E-state index contributed by atoms with van der Waals surface area (Å²) < 4.78 is 0. The lowest BCUT2D eigenvalue weighted by Crippen LogP contribution is -2.34. The van der Waals surface area contributed by atoms with Crippen molar-refractivity contribution < 1.29 is 5.11 Å². The van der Waals surface area contributed by atoms with Gasteiger partial charge in [0.05, 0.1) is 18.6 Å². The molecule has 108 valence electrons. The van der Waals surface area contributed by atoms with E-state index in [9.17, 15) is 5.26 Å². The van der Waals surface area contributed by atoms with E-state index >= 15 is 0 Å². The van der Waals surface area contributed by atoms with Gasteiger partial charge in [0, 0.05) is 26.2 Å². The van der Waals surface area contributed by atoms with Crippen molar-refractivity contribution >= 4 is 0 Å². The van der Waals surface area contributed by atoms with Gasteiger partial charge < -0.3 is 10.0 Å². The normalized spacial score (nSPS) is 19.2. The topological polar surface area (TPSA) is 50.5 Å². The molecule has 0 bridgehead atoms. The molecule has 1 aromatic rings. The zero-order valence-corrected chi connectivity index (χ0v) is 11.9. The number of benzene rings is 1. The van der Waals surface area contributed by atoms with Crippen LogP contribution in [0.5, 0.6) is 0 Å². The molecular formula is C16H23N3O. The van der Waals surface area contributed by atoms with Crippen LogP contribution in [0.1, 0.15) is 17.9 Å². The molecule has 20 heavy (non-hydrogen) atoms. The van der Waals surface area contributed by atoms with Gasteiger partial charge in [0.15, 0.2) is 0 Å². The molecule has 0 saturated carbocycles. The van der Waals surface area contributed by atoms with E-state index in [0.29, 0.717) is 0 Å². The molecule has 0 spiro atoms.